The second-order valence-corrected chi connectivity index (χ2v) is 3.06. The minimum absolute atomic E-state index is 0.301. The number of hydrogen-bond donors (Lipinski definition) is 2. The number of aromatic hydroxyl groups is 1. The largest absolute Gasteiger partial charge is 0.506 e. The lowest BCUT2D eigenvalue weighted by atomic mass is 10.2. The third-order valence-electron chi connectivity index (χ3n) is 1.79. The number of nitrogens with one attached hydrogen (secondary N) is 1. The van der Waals surface area contributed by atoms with Crippen LogP contribution in [0.5, 0.6) is 11.5 Å². The van der Waals surface area contributed by atoms with Gasteiger partial charge in [-0.25, -0.2) is 0 Å². The predicted octanol–water partition coefficient (Wildman–Crippen LogP) is 2.29. The third kappa shape index (κ3) is 3.54. The van der Waals surface area contributed by atoms with Crippen LogP contribution in [-0.2, 0) is 4.79 Å². The molecule has 0 unspecified atom stereocenters. The van der Waals surface area contributed by atoms with Crippen molar-refractivity contribution >= 4 is 11.6 Å². The maximum absolute atomic E-state index is 11.9. The van der Waals surface area contributed by atoms with Crippen molar-refractivity contribution in [2.24, 2.45) is 0 Å². The van der Waals surface area contributed by atoms with Gasteiger partial charge in [-0.2, -0.15) is 13.2 Å². The molecule has 1 aromatic carbocycles. The summed E-state index contributed by atoms with van der Waals surface area (Å²) in [5.41, 5.74) is -0.323. The second kappa shape index (κ2) is 4.94. The van der Waals surface area contributed by atoms with E-state index in [-0.39, 0.29) is 5.69 Å². The number of alkyl halides is 3. The molecule has 0 aromatic heterocycles. The summed E-state index contributed by atoms with van der Waals surface area (Å²) in [4.78, 5) is 10.6. The van der Waals surface area contributed by atoms with Gasteiger partial charge in [-0.05, 0) is 19.1 Å². The Kier molecular flexibility index (Phi) is 3.82. The van der Waals surface area contributed by atoms with Gasteiger partial charge in [-0.15, -0.1) is 0 Å². The van der Waals surface area contributed by atoms with Crippen molar-refractivity contribution in [3.05, 3.63) is 18.2 Å². The molecule has 0 atom stereocenters. The first-order chi connectivity index (χ1) is 7.84. The topological polar surface area (TPSA) is 58.6 Å². The van der Waals surface area contributed by atoms with Crippen molar-refractivity contribution in [2.75, 3.05) is 11.9 Å². The van der Waals surface area contributed by atoms with Crippen LogP contribution in [0.2, 0.25) is 0 Å². The summed E-state index contributed by atoms with van der Waals surface area (Å²) in [7, 11) is 0. The summed E-state index contributed by atoms with van der Waals surface area (Å²) in [6.07, 6.45) is -5.00. The van der Waals surface area contributed by atoms with Gasteiger partial charge in [0, 0.05) is 6.07 Å². The van der Waals surface area contributed by atoms with E-state index in [1.54, 1.807) is 12.2 Å². The molecule has 0 radical (unpaired) electrons. The highest BCUT2D eigenvalue weighted by molar-refractivity contribution is 5.96. The molecule has 7 heteroatoms. The van der Waals surface area contributed by atoms with Crippen LogP contribution in [0.3, 0.4) is 0 Å². The van der Waals surface area contributed by atoms with Crippen LogP contribution in [0.15, 0.2) is 18.2 Å². The van der Waals surface area contributed by atoms with Crippen LogP contribution < -0.4 is 10.1 Å². The molecule has 0 bridgehead atoms. The summed E-state index contributed by atoms with van der Waals surface area (Å²) in [5.74, 6) is -2.33. The summed E-state index contributed by atoms with van der Waals surface area (Å²) in [6, 6.07) is 3.59. The lowest BCUT2D eigenvalue weighted by molar-refractivity contribution is -0.167. The van der Waals surface area contributed by atoms with Crippen LogP contribution in [0, 0.1) is 0 Å². The minimum atomic E-state index is -5.00. The lowest BCUT2D eigenvalue weighted by Crippen LogP contribution is -2.29. The van der Waals surface area contributed by atoms with Gasteiger partial charge in [0.25, 0.3) is 0 Å². The number of phenols is 1. The smallest absolute Gasteiger partial charge is 0.471 e. The number of hydrogen-bond acceptors (Lipinski definition) is 3. The Morgan fingerprint density at radius 1 is 1.47 bits per heavy atom. The normalized spacial score (nSPS) is 11.1. The van der Waals surface area contributed by atoms with E-state index in [0.717, 1.165) is 12.1 Å². The van der Waals surface area contributed by atoms with Gasteiger partial charge in [0.05, 0.1) is 12.3 Å². The fourth-order valence-corrected chi connectivity index (χ4v) is 1.07. The highest BCUT2D eigenvalue weighted by atomic mass is 19.4. The zero-order chi connectivity index (χ0) is 13.1. The third-order valence-corrected chi connectivity index (χ3v) is 1.79. The van der Waals surface area contributed by atoms with Crippen LogP contribution in [-0.4, -0.2) is 23.8 Å². The highest BCUT2D eigenvalue weighted by Gasteiger charge is 2.39. The number of ether oxygens (including phenoxy) is 1. The molecular formula is C10H10F3NO3. The second-order valence-electron chi connectivity index (χ2n) is 3.06. The van der Waals surface area contributed by atoms with E-state index in [1.165, 1.54) is 6.07 Å². The molecule has 0 fully saturated rings. The molecule has 0 spiro atoms. The number of amides is 1. The fourth-order valence-electron chi connectivity index (χ4n) is 1.07. The monoisotopic (exact) mass is 249 g/mol. The quantitative estimate of drug-likeness (QED) is 0.808. The average Bonchev–Trinajstić information content (AvgIpc) is 2.21. The fraction of sp³-hybridized carbons (Fsp3) is 0.300. The van der Waals surface area contributed by atoms with Gasteiger partial charge >= 0.3 is 12.1 Å². The number of benzene rings is 1. The molecule has 94 valence electrons. The van der Waals surface area contributed by atoms with E-state index in [2.05, 4.69) is 0 Å². The van der Waals surface area contributed by atoms with Gasteiger partial charge in [0.15, 0.2) is 0 Å². The molecule has 0 saturated carbocycles. The highest BCUT2D eigenvalue weighted by Crippen LogP contribution is 2.29. The number of carbonyl (C=O) groups is 1. The van der Waals surface area contributed by atoms with Crippen LogP contribution in [0.4, 0.5) is 18.9 Å². The first-order valence-corrected chi connectivity index (χ1v) is 4.68. The number of carbonyl (C=O) groups excluding carboxylic acids is 1. The molecule has 0 aliphatic rings. The maximum atomic E-state index is 11.9. The average molecular weight is 249 g/mol. The molecule has 1 rings (SSSR count). The number of rotatable bonds is 3. The maximum Gasteiger partial charge on any atom is 0.471 e. The van der Waals surface area contributed by atoms with E-state index < -0.39 is 17.8 Å². The zero-order valence-electron chi connectivity index (χ0n) is 8.84. The van der Waals surface area contributed by atoms with Crippen molar-refractivity contribution in [3.63, 3.8) is 0 Å². The van der Waals surface area contributed by atoms with Gasteiger partial charge in [-0.1, -0.05) is 0 Å². The number of anilines is 1. The minimum Gasteiger partial charge on any atom is -0.506 e. The SMILES string of the molecule is CCOc1ccc(NC(=O)C(F)(F)F)c(O)c1. The van der Waals surface area contributed by atoms with Gasteiger partial charge in [0.1, 0.15) is 11.5 Å². The standard InChI is InChI=1S/C10H10F3NO3/c1-2-17-6-3-4-7(8(15)5-6)14-9(16)10(11,12)13/h3-5,15H,2H2,1H3,(H,14,16). The van der Waals surface area contributed by atoms with Crippen molar-refractivity contribution in [1.29, 1.82) is 0 Å². The molecule has 0 heterocycles. The van der Waals surface area contributed by atoms with Crippen molar-refractivity contribution in [1.82, 2.24) is 0 Å². The molecule has 1 amide bonds. The first kappa shape index (κ1) is 13.1. The van der Waals surface area contributed by atoms with Crippen molar-refractivity contribution in [3.8, 4) is 11.5 Å². The zero-order valence-corrected chi connectivity index (χ0v) is 8.84. The lowest BCUT2D eigenvalue weighted by Gasteiger charge is -2.10. The molecule has 0 saturated heterocycles. The predicted molar refractivity (Wildman–Crippen MR) is 54.0 cm³/mol. The van der Waals surface area contributed by atoms with E-state index in [1.807, 2.05) is 0 Å². The summed E-state index contributed by atoms with van der Waals surface area (Å²) >= 11 is 0. The first-order valence-electron chi connectivity index (χ1n) is 4.68. The van der Waals surface area contributed by atoms with E-state index >= 15 is 0 Å². The Morgan fingerprint density at radius 3 is 2.59 bits per heavy atom. The van der Waals surface area contributed by atoms with Gasteiger partial charge in [0.2, 0.25) is 0 Å². The summed E-state index contributed by atoms with van der Waals surface area (Å²) in [5, 5.41) is 10.9. The molecule has 17 heavy (non-hydrogen) atoms. The molecule has 4 nitrogen and oxygen atoms in total. The Balaban J connectivity index is 2.83. The molecule has 2 N–H and O–H groups in total. The Hall–Kier alpha value is -1.92. The van der Waals surface area contributed by atoms with E-state index in [0.29, 0.717) is 12.4 Å². The number of phenolic OH excluding ortho intramolecular Hbond substituents is 1. The number of halogens is 3. The molecular weight excluding hydrogens is 239 g/mol. The molecule has 1 aromatic rings. The Labute approximate surface area is 95.0 Å². The van der Waals surface area contributed by atoms with Gasteiger partial charge in [-0.3, -0.25) is 4.79 Å². The van der Waals surface area contributed by atoms with Crippen LogP contribution >= 0.6 is 0 Å². The van der Waals surface area contributed by atoms with E-state index in [9.17, 15) is 23.1 Å². The Morgan fingerprint density at radius 2 is 2.12 bits per heavy atom. The van der Waals surface area contributed by atoms with Crippen molar-refractivity contribution < 1.29 is 27.8 Å². The summed E-state index contributed by atoms with van der Waals surface area (Å²) in [6.45, 7) is 2.07. The van der Waals surface area contributed by atoms with Crippen LogP contribution in [0.25, 0.3) is 0 Å². The Bertz CT molecular complexity index is 418. The van der Waals surface area contributed by atoms with Crippen molar-refractivity contribution in [2.45, 2.75) is 13.1 Å². The molecule has 0 aliphatic heterocycles. The van der Waals surface area contributed by atoms with E-state index in [4.69, 9.17) is 4.74 Å². The van der Waals surface area contributed by atoms with Gasteiger partial charge < -0.3 is 15.2 Å². The summed E-state index contributed by atoms with van der Waals surface area (Å²) < 4.78 is 40.9. The molecule has 0 aliphatic carbocycles. The van der Waals surface area contributed by atoms with Crippen LogP contribution in [0.1, 0.15) is 6.92 Å².